The summed E-state index contributed by atoms with van der Waals surface area (Å²) in [5.74, 6) is -0.923. The van der Waals surface area contributed by atoms with Gasteiger partial charge >= 0.3 is 5.97 Å². The highest BCUT2D eigenvalue weighted by Gasteiger charge is 1.81. The Morgan fingerprint density at radius 1 is 0.773 bits per heavy atom. The quantitative estimate of drug-likeness (QED) is 0.215. The van der Waals surface area contributed by atoms with Crippen molar-refractivity contribution in [1.82, 2.24) is 0 Å². The molecule has 0 aliphatic carbocycles. The minimum absolute atomic E-state index is 0.923. The van der Waals surface area contributed by atoms with Crippen LogP contribution in [0.3, 0.4) is 0 Å². The lowest BCUT2D eigenvalue weighted by Gasteiger charge is -1.89. The lowest BCUT2D eigenvalue weighted by molar-refractivity contribution is -0.131. The van der Waals surface area contributed by atoms with Crippen LogP contribution in [0.15, 0.2) is 72.9 Å². The second-order valence-electron chi connectivity index (χ2n) is 4.74. The molecule has 0 saturated heterocycles. The third kappa shape index (κ3) is 17.9. The van der Waals surface area contributed by atoms with Crippen molar-refractivity contribution in [3.05, 3.63) is 72.9 Å². The monoisotopic (exact) mass is 300 g/mol. The summed E-state index contributed by atoms with van der Waals surface area (Å²) in [6.45, 7) is 2.14. The summed E-state index contributed by atoms with van der Waals surface area (Å²) in [6.07, 6.45) is 29.9. The van der Waals surface area contributed by atoms with E-state index in [1.807, 2.05) is 12.2 Å². The molecule has 0 amide bonds. The summed E-state index contributed by atoms with van der Waals surface area (Å²) in [7, 11) is 0. The summed E-state index contributed by atoms with van der Waals surface area (Å²) in [5.41, 5.74) is 0. The van der Waals surface area contributed by atoms with Crippen LogP contribution in [0.25, 0.3) is 0 Å². The van der Waals surface area contributed by atoms with Gasteiger partial charge < -0.3 is 5.11 Å². The number of hydrogen-bond acceptors (Lipinski definition) is 1. The molecular weight excluding hydrogens is 272 g/mol. The maximum atomic E-state index is 10.2. The summed E-state index contributed by atoms with van der Waals surface area (Å²) in [6, 6.07) is 0. The first-order chi connectivity index (χ1) is 10.8. The van der Waals surface area contributed by atoms with E-state index in [1.165, 1.54) is 6.08 Å². The van der Waals surface area contributed by atoms with Crippen LogP contribution in [0, 0.1) is 0 Å². The van der Waals surface area contributed by atoms with E-state index in [-0.39, 0.29) is 0 Å². The first kappa shape index (κ1) is 19.9. The lowest BCUT2D eigenvalue weighted by Crippen LogP contribution is -1.84. The van der Waals surface area contributed by atoms with Gasteiger partial charge in [0.15, 0.2) is 0 Å². The molecule has 120 valence electrons. The normalized spacial score (nSPS) is 13.1. The van der Waals surface area contributed by atoms with Gasteiger partial charge in [-0.3, -0.25) is 0 Å². The summed E-state index contributed by atoms with van der Waals surface area (Å²) in [5, 5.41) is 8.39. The Labute approximate surface area is 134 Å². The Hall–Kier alpha value is -2.09. The fourth-order valence-electron chi connectivity index (χ4n) is 1.62. The van der Waals surface area contributed by atoms with E-state index in [2.05, 4.69) is 49.5 Å². The van der Waals surface area contributed by atoms with E-state index in [0.717, 1.165) is 44.6 Å². The van der Waals surface area contributed by atoms with Gasteiger partial charge in [-0.2, -0.15) is 0 Å². The fourth-order valence-corrected chi connectivity index (χ4v) is 1.62. The molecule has 0 atom stereocenters. The average molecular weight is 300 g/mol. The van der Waals surface area contributed by atoms with E-state index < -0.39 is 5.97 Å². The third-order valence-corrected chi connectivity index (χ3v) is 2.73. The molecule has 2 nitrogen and oxygen atoms in total. The largest absolute Gasteiger partial charge is 0.478 e. The van der Waals surface area contributed by atoms with E-state index in [1.54, 1.807) is 6.08 Å². The second-order valence-corrected chi connectivity index (χ2v) is 4.74. The van der Waals surface area contributed by atoms with Gasteiger partial charge in [0, 0.05) is 6.08 Å². The molecule has 0 unspecified atom stereocenters. The van der Waals surface area contributed by atoms with Crippen LogP contribution in [-0.2, 0) is 4.79 Å². The predicted molar refractivity (Wildman–Crippen MR) is 95.9 cm³/mol. The van der Waals surface area contributed by atoms with Crippen molar-refractivity contribution in [3.63, 3.8) is 0 Å². The number of carbonyl (C=O) groups is 1. The number of unbranched alkanes of at least 4 members (excludes halogenated alkanes) is 2. The zero-order valence-electron chi connectivity index (χ0n) is 13.5. The summed E-state index contributed by atoms with van der Waals surface area (Å²) in [4.78, 5) is 10.2. The molecular formula is C20H28O2. The van der Waals surface area contributed by atoms with Gasteiger partial charge in [-0.25, -0.2) is 4.79 Å². The van der Waals surface area contributed by atoms with Crippen LogP contribution in [-0.4, -0.2) is 11.1 Å². The molecule has 0 spiro atoms. The van der Waals surface area contributed by atoms with Crippen LogP contribution >= 0.6 is 0 Å². The van der Waals surface area contributed by atoms with Crippen LogP contribution in [0.5, 0.6) is 0 Å². The van der Waals surface area contributed by atoms with Crippen molar-refractivity contribution < 1.29 is 9.90 Å². The van der Waals surface area contributed by atoms with Gasteiger partial charge in [0.25, 0.3) is 0 Å². The van der Waals surface area contributed by atoms with Gasteiger partial charge in [0.05, 0.1) is 0 Å². The zero-order valence-corrected chi connectivity index (χ0v) is 13.5. The third-order valence-electron chi connectivity index (χ3n) is 2.73. The molecule has 0 saturated carbocycles. The first-order valence-electron chi connectivity index (χ1n) is 7.95. The highest BCUT2D eigenvalue weighted by molar-refractivity contribution is 5.80. The molecule has 0 radical (unpaired) electrons. The number of carboxylic acid groups (broad SMARTS) is 1. The molecule has 22 heavy (non-hydrogen) atoms. The number of carboxylic acids is 1. The predicted octanol–water partition coefficient (Wildman–Crippen LogP) is 5.77. The number of rotatable bonds is 12. The van der Waals surface area contributed by atoms with Crippen molar-refractivity contribution in [2.24, 2.45) is 0 Å². The van der Waals surface area contributed by atoms with Crippen molar-refractivity contribution in [3.8, 4) is 0 Å². The van der Waals surface area contributed by atoms with Crippen LogP contribution in [0.4, 0.5) is 0 Å². The Bertz CT molecular complexity index is 435. The maximum absolute atomic E-state index is 10.2. The van der Waals surface area contributed by atoms with Crippen LogP contribution in [0.2, 0.25) is 0 Å². The topological polar surface area (TPSA) is 37.3 Å². The number of aliphatic carboxylic acids is 1. The molecule has 0 aliphatic rings. The number of hydrogen-bond donors (Lipinski definition) is 1. The molecule has 1 N–H and O–H groups in total. The van der Waals surface area contributed by atoms with E-state index in [0.29, 0.717) is 0 Å². The van der Waals surface area contributed by atoms with Gasteiger partial charge in [0.2, 0.25) is 0 Å². The first-order valence-corrected chi connectivity index (χ1v) is 7.95. The van der Waals surface area contributed by atoms with Gasteiger partial charge in [0.1, 0.15) is 0 Å². The lowest BCUT2D eigenvalue weighted by atomic mass is 10.2. The fraction of sp³-hybridized carbons (Fsp3) is 0.350. The van der Waals surface area contributed by atoms with E-state index in [4.69, 9.17) is 5.11 Å². The van der Waals surface area contributed by atoms with Crippen molar-refractivity contribution in [2.45, 2.75) is 45.4 Å². The molecule has 0 aliphatic heterocycles. The minimum atomic E-state index is -0.923. The molecule has 0 aromatic rings. The zero-order chi connectivity index (χ0) is 16.3. The molecule has 0 rings (SSSR count). The standard InChI is InChI=1S/C20H28O2/c1-2-3-4-5-6-7-8-9-10-11-12-13-14-15-16-17-18-19-20(21)22/h3-4,6-7,9-10,14-19H,2,5,8,11-13H2,1H3,(H,21,22)/b4-3-,7-6-,10-9-,15-14?,17-16+,19-18+. The van der Waals surface area contributed by atoms with Gasteiger partial charge in [-0.05, 0) is 38.5 Å². The van der Waals surface area contributed by atoms with Crippen LogP contribution in [0.1, 0.15) is 45.4 Å². The Morgan fingerprint density at radius 3 is 2.05 bits per heavy atom. The molecule has 0 aromatic heterocycles. The van der Waals surface area contributed by atoms with Crippen molar-refractivity contribution in [1.29, 1.82) is 0 Å². The minimum Gasteiger partial charge on any atom is -0.478 e. The van der Waals surface area contributed by atoms with E-state index >= 15 is 0 Å². The summed E-state index contributed by atoms with van der Waals surface area (Å²) < 4.78 is 0. The van der Waals surface area contributed by atoms with E-state index in [9.17, 15) is 4.79 Å². The molecule has 0 aromatic carbocycles. The smallest absolute Gasteiger partial charge is 0.328 e. The Morgan fingerprint density at radius 2 is 1.36 bits per heavy atom. The molecule has 0 fully saturated rings. The van der Waals surface area contributed by atoms with Crippen molar-refractivity contribution in [2.75, 3.05) is 0 Å². The summed E-state index contributed by atoms with van der Waals surface area (Å²) >= 11 is 0. The SMILES string of the molecule is CC/C=C\C/C=C\C/C=C\CCCC=C/C=C/C=C/C(=O)O. The Kier molecular flexibility index (Phi) is 15.4. The van der Waals surface area contributed by atoms with Gasteiger partial charge in [-0.15, -0.1) is 0 Å². The molecule has 0 heterocycles. The van der Waals surface area contributed by atoms with Gasteiger partial charge in [-0.1, -0.05) is 73.8 Å². The molecule has 2 heteroatoms. The average Bonchev–Trinajstić information content (AvgIpc) is 2.50. The number of allylic oxidation sites excluding steroid dienone is 11. The Balaban J connectivity index is 3.50. The highest BCUT2D eigenvalue weighted by atomic mass is 16.4. The van der Waals surface area contributed by atoms with Crippen molar-refractivity contribution >= 4 is 5.97 Å². The second kappa shape index (κ2) is 17.0. The molecule has 0 bridgehead atoms. The maximum Gasteiger partial charge on any atom is 0.328 e. The highest BCUT2D eigenvalue weighted by Crippen LogP contribution is 2.00. The van der Waals surface area contributed by atoms with Crippen LogP contribution < -0.4 is 0 Å².